The van der Waals surface area contributed by atoms with Crippen LogP contribution in [0.3, 0.4) is 0 Å². The Hall–Kier alpha value is -3.87. The number of ether oxygens (including phenoxy) is 1. The molecule has 3 heterocycles. The van der Waals surface area contributed by atoms with Crippen LogP contribution in [-0.2, 0) is 6.54 Å². The van der Waals surface area contributed by atoms with Crippen LogP contribution >= 0.6 is 0 Å². The number of carbonyl (C=O) groups excluding carboxylic acids is 1. The minimum absolute atomic E-state index is 0.0403. The summed E-state index contributed by atoms with van der Waals surface area (Å²) in [5.41, 5.74) is 5.96. The van der Waals surface area contributed by atoms with Crippen molar-refractivity contribution in [1.29, 1.82) is 0 Å². The molecule has 4 aromatic rings. The maximum absolute atomic E-state index is 13.7. The highest BCUT2D eigenvalue weighted by Gasteiger charge is 2.34. The first-order valence-corrected chi connectivity index (χ1v) is 10.2. The Labute approximate surface area is 180 Å². The number of benzene rings is 2. The lowest BCUT2D eigenvalue weighted by Crippen LogP contribution is -2.39. The Morgan fingerprint density at radius 3 is 2.81 bits per heavy atom. The topological polar surface area (TPSA) is 86.9 Å². The minimum Gasteiger partial charge on any atom is -0.497 e. The Bertz CT molecular complexity index is 1230. The van der Waals surface area contributed by atoms with Gasteiger partial charge >= 0.3 is 0 Å². The van der Waals surface area contributed by atoms with Gasteiger partial charge < -0.3 is 14.6 Å². The molecule has 0 bridgehead atoms. The average molecular weight is 413 g/mol. The number of nitrogens with one attached hydrogen (secondary N) is 2. The fraction of sp³-hybridized carbons (Fsp3) is 0.208. The van der Waals surface area contributed by atoms with Crippen molar-refractivity contribution in [3.05, 3.63) is 89.1 Å². The molecule has 1 aliphatic heterocycles. The van der Waals surface area contributed by atoms with E-state index in [9.17, 15) is 4.79 Å². The molecule has 1 unspecified atom stereocenters. The Morgan fingerprint density at radius 1 is 1.16 bits per heavy atom. The van der Waals surface area contributed by atoms with Crippen molar-refractivity contribution >= 4 is 5.91 Å². The number of H-pyrrole nitrogens is 2. The van der Waals surface area contributed by atoms with Crippen LogP contribution in [0.15, 0.2) is 60.9 Å². The summed E-state index contributed by atoms with van der Waals surface area (Å²) < 4.78 is 5.41. The standard InChI is InChI=1S/C24H23N5O2/c1-15-21(22(28-27-15)16-7-4-3-5-8-16)24(30)29-12-19(23-20(13-29)25-14-26-23)17-9-6-10-18(11-17)31-2/h3-11,14,19H,12-13H2,1-2H3,(H,25,26)(H,27,28). The Morgan fingerprint density at radius 2 is 2.00 bits per heavy atom. The lowest BCUT2D eigenvalue weighted by Gasteiger charge is -2.32. The number of amides is 1. The molecule has 0 saturated heterocycles. The molecule has 2 aromatic heterocycles. The molecule has 0 saturated carbocycles. The highest BCUT2D eigenvalue weighted by molar-refractivity contribution is 6.01. The largest absolute Gasteiger partial charge is 0.497 e. The van der Waals surface area contributed by atoms with Crippen LogP contribution in [0.5, 0.6) is 5.75 Å². The molecule has 0 aliphatic carbocycles. The molecule has 1 amide bonds. The highest BCUT2D eigenvalue weighted by atomic mass is 16.5. The molecule has 2 aromatic carbocycles. The number of hydrogen-bond donors (Lipinski definition) is 2. The lowest BCUT2D eigenvalue weighted by molar-refractivity contribution is 0.0722. The number of aromatic amines is 2. The van der Waals surface area contributed by atoms with Crippen molar-refractivity contribution in [1.82, 2.24) is 25.1 Å². The minimum atomic E-state index is -0.0433. The van der Waals surface area contributed by atoms with Gasteiger partial charge in [-0.05, 0) is 24.6 Å². The highest BCUT2D eigenvalue weighted by Crippen LogP contribution is 2.34. The second-order valence-corrected chi connectivity index (χ2v) is 7.72. The van der Waals surface area contributed by atoms with Crippen molar-refractivity contribution in [3.8, 4) is 17.0 Å². The second-order valence-electron chi connectivity index (χ2n) is 7.72. The van der Waals surface area contributed by atoms with Gasteiger partial charge in [0.15, 0.2) is 0 Å². The predicted molar refractivity (Wildman–Crippen MR) is 117 cm³/mol. The number of aromatic nitrogens is 4. The molecule has 0 radical (unpaired) electrons. The molecule has 1 atom stereocenters. The normalized spacial score (nSPS) is 15.5. The van der Waals surface area contributed by atoms with E-state index in [4.69, 9.17) is 4.74 Å². The van der Waals surface area contributed by atoms with Gasteiger partial charge in [0.2, 0.25) is 0 Å². The Kier molecular flexibility index (Phi) is 4.78. The molecular weight excluding hydrogens is 390 g/mol. The number of hydrogen-bond acceptors (Lipinski definition) is 4. The van der Waals surface area contributed by atoms with E-state index in [2.05, 4.69) is 26.2 Å². The van der Waals surface area contributed by atoms with Gasteiger partial charge in [0.25, 0.3) is 5.91 Å². The number of aryl methyl sites for hydroxylation is 1. The van der Waals surface area contributed by atoms with Crippen molar-refractivity contribution < 1.29 is 9.53 Å². The number of methoxy groups -OCH3 is 1. The third kappa shape index (κ3) is 3.38. The van der Waals surface area contributed by atoms with Gasteiger partial charge in [0, 0.05) is 23.7 Å². The van der Waals surface area contributed by atoms with E-state index in [0.29, 0.717) is 24.3 Å². The third-order valence-electron chi connectivity index (χ3n) is 5.83. The number of carbonyl (C=O) groups is 1. The molecule has 7 nitrogen and oxygen atoms in total. The summed E-state index contributed by atoms with van der Waals surface area (Å²) >= 11 is 0. The summed E-state index contributed by atoms with van der Waals surface area (Å²) in [6.45, 7) is 2.90. The first-order chi connectivity index (χ1) is 15.2. The summed E-state index contributed by atoms with van der Waals surface area (Å²) in [6.07, 6.45) is 1.70. The number of nitrogens with zero attached hydrogens (tertiary/aromatic N) is 3. The zero-order valence-electron chi connectivity index (χ0n) is 17.4. The average Bonchev–Trinajstić information content (AvgIpc) is 3.45. The molecule has 31 heavy (non-hydrogen) atoms. The molecule has 7 heteroatoms. The van der Waals surface area contributed by atoms with Crippen LogP contribution in [0.1, 0.15) is 38.9 Å². The molecule has 5 rings (SSSR count). The monoisotopic (exact) mass is 413 g/mol. The molecular formula is C24H23N5O2. The van der Waals surface area contributed by atoms with Gasteiger partial charge in [-0.1, -0.05) is 42.5 Å². The van der Waals surface area contributed by atoms with Gasteiger partial charge in [-0.15, -0.1) is 0 Å². The van der Waals surface area contributed by atoms with Gasteiger partial charge in [-0.25, -0.2) is 4.98 Å². The summed E-state index contributed by atoms with van der Waals surface area (Å²) in [5.74, 6) is 0.703. The van der Waals surface area contributed by atoms with Crippen LogP contribution in [0, 0.1) is 6.92 Å². The molecule has 2 N–H and O–H groups in total. The fourth-order valence-electron chi connectivity index (χ4n) is 4.25. The quantitative estimate of drug-likeness (QED) is 0.531. The summed E-state index contributed by atoms with van der Waals surface area (Å²) in [7, 11) is 1.66. The summed E-state index contributed by atoms with van der Waals surface area (Å²) in [6, 6.07) is 17.7. The van der Waals surface area contributed by atoms with Gasteiger partial charge in [0.05, 0.1) is 36.9 Å². The second kappa shape index (κ2) is 7.75. The van der Waals surface area contributed by atoms with E-state index in [-0.39, 0.29) is 11.8 Å². The lowest BCUT2D eigenvalue weighted by atomic mass is 9.90. The summed E-state index contributed by atoms with van der Waals surface area (Å²) in [5, 5.41) is 7.42. The first-order valence-electron chi connectivity index (χ1n) is 10.2. The van der Waals surface area contributed by atoms with Crippen LogP contribution < -0.4 is 4.74 Å². The van der Waals surface area contributed by atoms with E-state index in [1.54, 1.807) is 13.4 Å². The third-order valence-corrected chi connectivity index (χ3v) is 5.83. The SMILES string of the molecule is COc1cccc(C2CN(C(=O)c3c(-c4ccccc4)n[nH]c3C)Cc3[nH]cnc32)c1. The molecule has 0 spiro atoms. The summed E-state index contributed by atoms with van der Waals surface area (Å²) in [4.78, 5) is 23.4. The fourth-order valence-corrected chi connectivity index (χ4v) is 4.25. The predicted octanol–water partition coefficient (Wildman–Crippen LogP) is 3.90. The van der Waals surface area contributed by atoms with E-state index in [0.717, 1.165) is 34.0 Å². The van der Waals surface area contributed by atoms with Crippen LogP contribution in [-0.4, -0.2) is 44.6 Å². The number of imidazole rings is 1. The van der Waals surface area contributed by atoms with Crippen LogP contribution in [0.25, 0.3) is 11.3 Å². The number of rotatable bonds is 4. The van der Waals surface area contributed by atoms with E-state index >= 15 is 0 Å². The van der Waals surface area contributed by atoms with E-state index in [1.165, 1.54) is 0 Å². The zero-order valence-corrected chi connectivity index (χ0v) is 17.4. The maximum Gasteiger partial charge on any atom is 0.258 e. The van der Waals surface area contributed by atoms with Crippen molar-refractivity contribution in [2.75, 3.05) is 13.7 Å². The van der Waals surface area contributed by atoms with Crippen LogP contribution in [0.4, 0.5) is 0 Å². The van der Waals surface area contributed by atoms with E-state index in [1.807, 2.05) is 60.4 Å². The first kappa shape index (κ1) is 19.1. The number of fused-ring (bicyclic) bond motifs is 1. The van der Waals surface area contributed by atoms with Gasteiger partial charge in [-0.2, -0.15) is 5.10 Å². The van der Waals surface area contributed by atoms with Crippen molar-refractivity contribution in [2.24, 2.45) is 0 Å². The maximum atomic E-state index is 13.7. The molecule has 0 fully saturated rings. The molecule has 1 aliphatic rings. The smallest absolute Gasteiger partial charge is 0.258 e. The molecule has 156 valence electrons. The zero-order chi connectivity index (χ0) is 21.4. The van der Waals surface area contributed by atoms with Crippen molar-refractivity contribution in [2.45, 2.75) is 19.4 Å². The van der Waals surface area contributed by atoms with Crippen LogP contribution in [0.2, 0.25) is 0 Å². The van der Waals surface area contributed by atoms with E-state index < -0.39 is 0 Å². The van der Waals surface area contributed by atoms with Crippen molar-refractivity contribution in [3.63, 3.8) is 0 Å². The Balaban J connectivity index is 1.52. The van der Waals surface area contributed by atoms with Gasteiger partial charge in [0.1, 0.15) is 11.4 Å². The van der Waals surface area contributed by atoms with Gasteiger partial charge in [-0.3, -0.25) is 9.89 Å².